The smallest absolute Gasteiger partial charge is 0.311 e. The van der Waals surface area contributed by atoms with Crippen LogP contribution >= 0.6 is 0 Å². The summed E-state index contributed by atoms with van der Waals surface area (Å²) in [7, 11) is 0. The van der Waals surface area contributed by atoms with Gasteiger partial charge in [-0.1, -0.05) is 0 Å². The zero-order valence-corrected chi connectivity index (χ0v) is 8.26. The lowest BCUT2D eigenvalue weighted by atomic mass is 9.97. The Hall–Kier alpha value is -0.570. The summed E-state index contributed by atoms with van der Waals surface area (Å²) in [6, 6.07) is 0. The van der Waals surface area contributed by atoms with E-state index in [1.54, 1.807) is 27.7 Å². The summed E-state index contributed by atoms with van der Waals surface area (Å²) >= 11 is 0. The molecule has 0 heterocycles. The minimum atomic E-state index is -0.446. The van der Waals surface area contributed by atoms with Crippen molar-refractivity contribution in [3.63, 3.8) is 0 Å². The number of carbonyl (C=O) groups excluding carboxylic acids is 1. The summed E-state index contributed by atoms with van der Waals surface area (Å²) in [5.41, 5.74) is -0.446. The Kier molecular flexibility index (Phi) is 4.24. The van der Waals surface area contributed by atoms with Crippen molar-refractivity contribution in [1.29, 1.82) is 0 Å². The molecule has 0 rings (SSSR count). The van der Waals surface area contributed by atoms with Gasteiger partial charge in [0.2, 0.25) is 0 Å². The van der Waals surface area contributed by atoms with Gasteiger partial charge in [-0.2, -0.15) is 0 Å². The van der Waals surface area contributed by atoms with E-state index in [1.165, 1.54) is 0 Å². The Bertz CT molecular complexity index is 144. The predicted octanol–water partition coefficient (Wildman–Crippen LogP) is 1.35. The highest BCUT2D eigenvalue weighted by molar-refractivity contribution is 5.75. The maximum atomic E-state index is 11.1. The average Bonchev–Trinajstić information content (AvgIpc) is 1.84. The van der Waals surface area contributed by atoms with Gasteiger partial charge in [0.15, 0.2) is 0 Å². The molecule has 0 saturated carbocycles. The largest absolute Gasteiger partial charge is 0.465 e. The number of esters is 1. The fourth-order valence-electron chi connectivity index (χ4n) is 0.539. The first-order valence-electron chi connectivity index (χ1n) is 4.19. The van der Waals surface area contributed by atoms with E-state index in [0.29, 0.717) is 13.0 Å². The van der Waals surface area contributed by atoms with Crippen LogP contribution in [0.5, 0.6) is 0 Å². The molecule has 0 aliphatic rings. The molecule has 0 unspecified atom stereocenters. The first kappa shape index (κ1) is 11.4. The van der Waals surface area contributed by atoms with Gasteiger partial charge >= 0.3 is 5.97 Å². The molecule has 1 atom stereocenters. The molecule has 0 radical (unpaired) electrons. The minimum Gasteiger partial charge on any atom is -0.465 e. The minimum absolute atomic E-state index is 0.219. The highest BCUT2D eigenvalue weighted by Crippen LogP contribution is 2.15. The SMILES string of the molecule is C[C@H](O)CCOC(=O)C(C)(C)C. The maximum Gasteiger partial charge on any atom is 0.311 e. The van der Waals surface area contributed by atoms with E-state index >= 15 is 0 Å². The van der Waals surface area contributed by atoms with Crippen LogP contribution in [0, 0.1) is 5.41 Å². The molecular weight excluding hydrogens is 156 g/mol. The standard InChI is InChI=1S/C9H18O3/c1-7(10)5-6-12-8(11)9(2,3)4/h7,10H,5-6H2,1-4H3/t7-/m0/s1. The van der Waals surface area contributed by atoms with Crippen LogP contribution in [0.25, 0.3) is 0 Å². The fourth-order valence-corrected chi connectivity index (χ4v) is 0.539. The lowest BCUT2D eigenvalue weighted by Crippen LogP contribution is -2.24. The second-order valence-corrected chi connectivity index (χ2v) is 4.02. The molecule has 0 aliphatic heterocycles. The number of ether oxygens (including phenoxy) is 1. The molecule has 12 heavy (non-hydrogen) atoms. The number of hydrogen-bond acceptors (Lipinski definition) is 3. The second-order valence-electron chi connectivity index (χ2n) is 4.02. The Morgan fingerprint density at radius 1 is 1.50 bits per heavy atom. The van der Waals surface area contributed by atoms with Crippen LogP contribution in [0.1, 0.15) is 34.1 Å². The van der Waals surface area contributed by atoms with Crippen molar-refractivity contribution in [3.05, 3.63) is 0 Å². The van der Waals surface area contributed by atoms with Crippen LogP contribution in [0.2, 0.25) is 0 Å². The third kappa shape index (κ3) is 5.13. The topological polar surface area (TPSA) is 46.5 Å². The number of aliphatic hydroxyl groups is 1. The quantitative estimate of drug-likeness (QED) is 0.657. The molecule has 1 N–H and O–H groups in total. The summed E-state index contributed by atoms with van der Waals surface area (Å²) in [5.74, 6) is -0.219. The fraction of sp³-hybridized carbons (Fsp3) is 0.889. The van der Waals surface area contributed by atoms with Crippen molar-refractivity contribution < 1.29 is 14.6 Å². The molecule has 3 nitrogen and oxygen atoms in total. The van der Waals surface area contributed by atoms with E-state index in [1.807, 2.05) is 0 Å². The summed E-state index contributed by atoms with van der Waals surface area (Å²) < 4.78 is 4.92. The molecule has 0 aromatic heterocycles. The Morgan fingerprint density at radius 2 is 2.00 bits per heavy atom. The van der Waals surface area contributed by atoms with Crippen molar-refractivity contribution in [3.8, 4) is 0 Å². The molecule has 0 aromatic carbocycles. The lowest BCUT2D eigenvalue weighted by molar-refractivity contribution is -0.153. The normalized spacial score (nSPS) is 14.1. The zero-order valence-electron chi connectivity index (χ0n) is 8.26. The summed E-state index contributed by atoms with van der Waals surface area (Å²) in [6.45, 7) is 7.38. The summed E-state index contributed by atoms with van der Waals surface area (Å²) in [4.78, 5) is 11.1. The van der Waals surface area contributed by atoms with Gasteiger partial charge in [0.05, 0.1) is 18.1 Å². The summed E-state index contributed by atoms with van der Waals surface area (Å²) in [5, 5.41) is 8.88. The van der Waals surface area contributed by atoms with Gasteiger partial charge in [0.1, 0.15) is 0 Å². The molecule has 0 amide bonds. The molecule has 72 valence electrons. The Morgan fingerprint density at radius 3 is 2.33 bits per heavy atom. The maximum absolute atomic E-state index is 11.1. The highest BCUT2D eigenvalue weighted by Gasteiger charge is 2.22. The average molecular weight is 174 g/mol. The van der Waals surface area contributed by atoms with Crippen molar-refractivity contribution >= 4 is 5.97 Å². The van der Waals surface area contributed by atoms with Crippen LogP contribution in [0.4, 0.5) is 0 Å². The molecule has 0 aliphatic carbocycles. The van der Waals surface area contributed by atoms with Gasteiger partial charge in [0.25, 0.3) is 0 Å². The third-order valence-corrected chi connectivity index (χ3v) is 1.38. The highest BCUT2D eigenvalue weighted by atomic mass is 16.5. The van der Waals surface area contributed by atoms with Crippen molar-refractivity contribution in [2.45, 2.75) is 40.2 Å². The van der Waals surface area contributed by atoms with E-state index in [0.717, 1.165) is 0 Å². The monoisotopic (exact) mass is 174 g/mol. The van der Waals surface area contributed by atoms with E-state index in [9.17, 15) is 4.79 Å². The van der Waals surface area contributed by atoms with Gasteiger partial charge in [-0.25, -0.2) is 0 Å². The Balaban J connectivity index is 3.59. The van der Waals surface area contributed by atoms with Gasteiger partial charge < -0.3 is 9.84 Å². The van der Waals surface area contributed by atoms with Crippen molar-refractivity contribution in [2.75, 3.05) is 6.61 Å². The third-order valence-electron chi connectivity index (χ3n) is 1.38. The van der Waals surface area contributed by atoms with E-state index < -0.39 is 11.5 Å². The van der Waals surface area contributed by atoms with Gasteiger partial charge in [-0.05, 0) is 27.7 Å². The lowest BCUT2D eigenvalue weighted by Gasteiger charge is -2.16. The van der Waals surface area contributed by atoms with Crippen LogP contribution in [0.15, 0.2) is 0 Å². The first-order chi connectivity index (χ1) is 5.34. The van der Waals surface area contributed by atoms with E-state index in [2.05, 4.69) is 0 Å². The molecule has 0 bridgehead atoms. The van der Waals surface area contributed by atoms with Crippen LogP contribution < -0.4 is 0 Å². The van der Waals surface area contributed by atoms with Gasteiger partial charge in [-0.3, -0.25) is 4.79 Å². The number of aliphatic hydroxyl groups excluding tert-OH is 1. The van der Waals surface area contributed by atoms with E-state index in [-0.39, 0.29) is 5.97 Å². The second kappa shape index (κ2) is 4.45. The zero-order chi connectivity index (χ0) is 9.78. The van der Waals surface area contributed by atoms with E-state index in [4.69, 9.17) is 9.84 Å². The first-order valence-corrected chi connectivity index (χ1v) is 4.19. The number of rotatable bonds is 3. The molecule has 0 spiro atoms. The molecular formula is C9H18O3. The van der Waals surface area contributed by atoms with Gasteiger partial charge in [0, 0.05) is 6.42 Å². The van der Waals surface area contributed by atoms with Crippen LogP contribution in [-0.4, -0.2) is 23.8 Å². The van der Waals surface area contributed by atoms with Crippen molar-refractivity contribution in [2.24, 2.45) is 5.41 Å². The Labute approximate surface area is 73.7 Å². The van der Waals surface area contributed by atoms with Crippen LogP contribution in [-0.2, 0) is 9.53 Å². The molecule has 0 aromatic rings. The molecule has 3 heteroatoms. The summed E-state index contributed by atoms with van der Waals surface area (Å²) in [6.07, 6.45) is 0.0970. The number of carbonyl (C=O) groups is 1. The van der Waals surface area contributed by atoms with Gasteiger partial charge in [-0.15, -0.1) is 0 Å². The molecule has 0 saturated heterocycles. The predicted molar refractivity (Wildman–Crippen MR) is 46.7 cm³/mol. The van der Waals surface area contributed by atoms with Crippen LogP contribution in [0.3, 0.4) is 0 Å². The van der Waals surface area contributed by atoms with Crippen molar-refractivity contribution in [1.82, 2.24) is 0 Å². The molecule has 0 fully saturated rings. The number of hydrogen-bond donors (Lipinski definition) is 1.